The summed E-state index contributed by atoms with van der Waals surface area (Å²) in [5.41, 5.74) is 3.28. The van der Waals surface area contributed by atoms with Crippen LogP contribution in [0.2, 0.25) is 0 Å². The van der Waals surface area contributed by atoms with Crippen LogP contribution >= 0.6 is 81.2 Å². The SMILES string of the molecule is CC.CC.CC.CC.CC.CC.CC(=O)Cl.CC(=O)Cl.CC(=O)Cl.CC(=O)Cl.CC(=O)Cl.CC(C)=O.O=C(Cl)C1CCCCC1.O=C(Cl)c1ccccc1.c1ccc(Cc2ccccc2)cc1.c1ccc2ccccc2c1. The highest BCUT2D eigenvalue weighted by Crippen LogP contribution is 2.25. The minimum atomic E-state index is -0.407. The van der Waals surface area contributed by atoms with Crippen LogP contribution in [0.4, 0.5) is 0 Å². The van der Waals surface area contributed by atoms with E-state index in [-0.39, 0.29) is 43.2 Å². The lowest BCUT2D eigenvalue weighted by atomic mass is 9.90. The minimum absolute atomic E-state index is 0.130. The van der Waals surface area contributed by atoms with Gasteiger partial charge in [-0.15, -0.1) is 0 Å². The molecule has 0 atom stereocenters. The fourth-order valence-electron chi connectivity index (χ4n) is 4.46. The van der Waals surface area contributed by atoms with E-state index in [1.165, 1.54) is 89.6 Å². The Bertz CT molecular complexity index is 1840. The van der Waals surface area contributed by atoms with Crippen LogP contribution in [-0.4, -0.2) is 42.5 Å². The fraction of sp³-hybridized carbons (Fsp3) is 0.419. The van der Waals surface area contributed by atoms with E-state index in [9.17, 15) is 38.4 Å². The van der Waals surface area contributed by atoms with Crippen LogP contribution in [0.1, 0.15) is 185 Å². The van der Waals surface area contributed by atoms with Crippen molar-refractivity contribution in [2.75, 3.05) is 0 Å². The summed E-state index contributed by atoms with van der Waals surface area (Å²) >= 11 is 33.7. The minimum Gasteiger partial charge on any atom is -0.300 e. The predicted octanol–water partition coefficient (Wildman–Crippen LogP) is 21.1. The smallest absolute Gasteiger partial charge is 0.252 e. The molecule has 0 radical (unpaired) electrons. The van der Waals surface area contributed by atoms with Crippen LogP contribution in [-0.2, 0) is 40.0 Å². The van der Waals surface area contributed by atoms with Gasteiger partial charge in [0.1, 0.15) is 5.78 Å². The second-order valence-electron chi connectivity index (χ2n) is 13.0. The van der Waals surface area contributed by atoms with Crippen LogP contribution in [0.15, 0.2) is 140 Å². The van der Waals surface area contributed by atoms with Gasteiger partial charge in [-0.05, 0) is 136 Å². The van der Waals surface area contributed by atoms with Crippen molar-refractivity contribution in [3.63, 3.8) is 0 Å². The van der Waals surface area contributed by atoms with Gasteiger partial charge in [0.25, 0.3) is 5.24 Å². The number of carbonyl (C=O) groups excluding carboxylic acids is 8. The molecule has 0 heterocycles. The summed E-state index contributed by atoms with van der Waals surface area (Å²) < 4.78 is 0. The molecule has 5 aromatic rings. The van der Waals surface area contributed by atoms with Gasteiger partial charge >= 0.3 is 0 Å². The molecule has 0 saturated heterocycles. The highest BCUT2D eigenvalue weighted by Gasteiger charge is 2.18. The molecule has 0 aromatic heterocycles. The largest absolute Gasteiger partial charge is 0.300 e. The van der Waals surface area contributed by atoms with Gasteiger partial charge in [0.15, 0.2) is 0 Å². The molecule has 77 heavy (non-hydrogen) atoms. The first kappa shape index (κ1) is 95.1. The van der Waals surface area contributed by atoms with Gasteiger partial charge in [-0.25, -0.2) is 0 Å². The summed E-state index contributed by atoms with van der Waals surface area (Å²) in [6, 6.07) is 46.5. The van der Waals surface area contributed by atoms with Crippen molar-refractivity contribution in [3.05, 3.63) is 156 Å². The lowest BCUT2D eigenvalue weighted by Gasteiger charge is -2.16. The Hall–Kier alpha value is -4.25. The van der Waals surface area contributed by atoms with Crippen molar-refractivity contribution < 1.29 is 38.4 Å². The number of benzene rings is 5. The normalized spacial score (nSPS) is 9.06. The molecule has 0 unspecified atom stereocenters. The zero-order valence-electron chi connectivity index (χ0n) is 49.5. The Morgan fingerprint density at radius 1 is 0.338 bits per heavy atom. The lowest BCUT2D eigenvalue weighted by molar-refractivity contribution is -0.116. The van der Waals surface area contributed by atoms with Crippen LogP contribution in [0.3, 0.4) is 0 Å². The van der Waals surface area contributed by atoms with E-state index in [4.69, 9.17) is 23.2 Å². The molecule has 8 nitrogen and oxygen atoms in total. The van der Waals surface area contributed by atoms with Gasteiger partial charge in [0.05, 0.1) is 0 Å². The molecule has 0 spiro atoms. The Morgan fingerprint density at radius 3 is 0.701 bits per heavy atom. The predicted molar refractivity (Wildman–Crippen MR) is 341 cm³/mol. The maximum atomic E-state index is 10.6. The molecule has 1 saturated carbocycles. The number of fused-ring (bicyclic) bond motifs is 1. The molecular weight excluding hydrogens is 1120 g/mol. The van der Waals surface area contributed by atoms with Gasteiger partial charge in [-0.3, -0.25) is 33.6 Å². The molecular formula is C62H93Cl7O8. The Morgan fingerprint density at radius 2 is 0.532 bits per heavy atom. The maximum absolute atomic E-state index is 10.6. The third-order valence-corrected chi connectivity index (χ3v) is 7.21. The molecule has 5 aromatic carbocycles. The van der Waals surface area contributed by atoms with E-state index in [2.05, 4.69) is 167 Å². The highest BCUT2D eigenvalue weighted by molar-refractivity contribution is 6.67. The van der Waals surface area contributed by atoms with E-state index in [0.717, 1.165) is 19.3 Å². The average Bonchev–Trinajstić information content (AvgIpc) is 3.41. The summed E-state index contributed by atoms with van der Waals surface area (Å²) in [6.07, 6.45) is 6.71. The van der Waals surface area contributed by atoms with E-state index >= 15 is 0 Å². The summed E-state index contributed by atoms with van der Waals surface area (Å²) in [4.78, 5) is 76.5. The Balaban J connectivity index is -0.0000000816. The monoisotopic (exact) mass is 1210 g/mol. The average molecular weight is 1210 g/mol. The van der Waals surface area contributed by atoms with Crippen molar-refractivity contribution in [2.45, 2.75) is 170 Å². The van der Waals surface area contributed by atoms with Gasteiger partial charge in [0, 0.05) is 46.1 Å². The van der Waals surface area contributed by atoms with E-state index in [1.54, 1.807) is 24.3 Å². The molecule has 15 heteroatoms. The molecule has 6 rings (SSSR count). The first-order valence-corrected chi connectivity index (χ1v) is 28.3. The number of ketones is 1. The number of carbonyl (C=O) groups is 8. The molecule has 1 aliphatic carbocycles. The van der Waals surface area contributed by atoms with Crippen LogP contribution in [0.5, 0.6) is 0 Å². The van der Waals surface area contributed by atoms with Gasteiger partial charge < -0.3 is 4.79 Å². The standard InChI is InChI=1S/C13H12.C10H8.C7H11ClO.C7H5ClO.C3H6O.5C2H3ClO.6C2H6/c1-3-7-12(8-4-1)11-13-9-5-2-6-10-13;1-2-6-10-8-4-3-7-9(10)5-1;2*8-7(9)6-4-2-1-3-5-6;1-3(2)4;5*1-2(3)4;6*1-2/h1-10H,11H2;1-8H;6H,1-5H2;1-5H;1-2H3;5*1H3;6*1-2H3. The van der Waals surface area contributed by atoms with Crippen LogP contribution in [0.25, 0.3) is 10.8 Å². The van der Waals surface area contributed by atoms with Crippen LogP contribution < -0.4 is 0 Å². The number of Topliss-reactive ketones (excluding diaryl/α,β-unsaturated/α-hetero) is 1. The summed E-state index contributed by atoms with van der Waals surface area (Å²) in [5.74, 6) is 0.348. The van der Waals surface area contributed by atoms with Crippen LogP contribution in [0, 0.1) is 5.92 Å². The van der Waals surface area contributed by atoms with E-state index in [0.29, 0.717) is 5.56 Å². The summed E-state index contributed by atoms with van der Waals surface area (Å²) in [7, 11) is 0. The Kier molecular flexibility index (Phi) is 99.6. The first-order chi connectivity index (χ1) is 36.4. The zero-order valence-corrected chi connectivity index (χ0v) is 54.8. The molecule has 438 valence electrons. The maximum Gasteiger partial charge on any atom is 0.252 e. The number of halogens is 7. The first-order valence-electron chi connectivity index (χ1n) is 25.7. The molecule has 0 amide bonds. The summed E-state index contributed by atoms with van der Waals surface area (Å²) in [5, 5.41) is 0.278. The molecule has 0 aliphatic heterocycles. The number of hydrogen-bond acceptors (Lipinski definition) is 8. The molecule has 0 bridgehead atoms. The second-order valence-corrected chi connectivity index (χ2v) is 16.4. The van der Waals surface area contributed by atoms with Crippen molar-refractivity contribution in [3.8, 4) is 0 Å². The molecule has 1 aliphatic rings. The fourth-order valence-corrected chi connectivity index (χ4v) is 4.80. The van der Waals surface area contributed by atoms with E-state index < -0.39 is 5.24 Å². The highest BCUT2D eigenvalue weighted by atomic mass is 35.5. The third-order valence-electron chi connectivity index (χ3n) is 6.68. The summed E-state index contributed by atoms with van der Waals surface area (Å²) in [6.45, 7) is 33.5. The number of rotatable bonds is 4. The third kappa shape index (κ3) is 105. The molecule has 1 fully saturated rings. The van der Waals surface area contributed by atoms with Gasteiger partial charge in [-0.2, -0.15) is 0 Å². The molecule has 0 N–H and O–H groups in total. The number of hydrogen-bond donors (Lipinski definition) is 0. The van der Waals surface area contributed by atoms with Crippen molar-refractivity contribution in [1.82, 2.24) is 0 Å². The topological polar surface area (TPSA) is 137 Å². The van der Waals surface area contributed by atoms with E-state index in [1.807, 2.05) is 89.2 Å². The Labute approximate surface area is 501 Å². The van der Waals surface area contributed by atoms with Crippen molar-refractivity contribution in [2.24, 2.45) is 5.92 Å². The van der Waals surface area contributed by atoms with Gasteiger partial charge in [-0.1, -0.05) is 242 Å². The quantitative estimate of drug-likeness (QED) is 0.162. The van der Waals surface area contributed by atoms with Crippen molar-refractivity contribution in [1.29, 1.82) is 0 Å². The second kappa shape index (κ2) is 80.6. The van der Waals surface area contributed by atoms with Gasteiger partial charge in [0.2, 0.25) is 31.5 Å². The zero-order chi connectivity index (χ0) is 62.6. The van der Waals surface area contributed by atoms with Crippen molar-refractivity contribution >= 4 is 134 Å². The lowest BCUT2D eigenvalue weighted by Crippen LogP contribution is -2.12.